The Labute approximate surface area is 160 Å². The number of rotatable bonds is 3. The van der Waals surface area contributed by atoms with Crippen LogP contribution in [0.3, 0.4) is 0 Å². The van der Waals surface area contributed by atoms with Crippen molar-refractivity contribution in [2.45, 2.75) is 0 Å². The number of benzene rings is 2. The zero-order chi connectivity index (χ0) is 18.8. The normalized spacial score (nSPS) is 15.2. The van der Waals surface area contributed by atoms with E-state index >= 15 is 0 Å². The molecule has 1 aromatic heterocycles. The van der Waals surface area contributed by atoms with Gasteiger partial charge in [0, 0.05) is 24.4 Å². The highest BCUT2D eigenvalue weighted by atomic mass is 32.2. The number of amidine groups is 1. The first kappa shape index (κ1) is 17.2. The molecule has 0 saturated heterocycles. The van der Waals surface area contributed by atoms with Gasteiger partial charge < -0.3 is 14.4 Å². The fraction of sp³-hybridized carbons (Fsp3) is 0.0476. The minimum atomic E-state index is -0.293. The van der Waals surface area contributed by atoms with Gasteiger partial charge in [0.05, 0.1) is 4.91 Å². The van der Waals surface area contributed by atoms with E-state index in [1.54, 1.807) is 35.2 Å². The van der Waals surface area contributed by atoms with E-state index in [4.69, 9.17) is 4.42 Å². The minimum Gasteiger partial charge on any atom is -0.508 e. The molecule has 0 bridgehead atoms. The maximum atomic E-state index is 12.3. The predicted molar refractivity (Wildman–Crippen MR) is 109 cm³/mol. The second kappa shape index (κ2) is 7.17. The molecule has 1 N–H and O–H groups in total. The van der Waals surface area contributed by atoms with Gasteiger partial charge in [-0.25, -0.2) is 0 Å². The van der Waals surface area contributed by atoms with Gasteiger partial charge in [0.2, 0.25) is 0 Å². The third-order valence-corrected chi connectivity index (χ3v) is 5.15. The number of phenolic OH excluding ortho intramolecular Hbond substituents is 1. The van der Waals surface area contributed by atoms with Crippen LogP contribution in [0.1, 0.15) is 5.76 Å². The maximum absolute atomic E-state index is 12.3. The SMILES string of the molecule is CN(C1=NC(=O)C(=Cc2ccc(-c3ccccc3)o2)S1)c1ccc(O)cc1. The highest BCUT2D eigenvalue weighted by molar-refractivity contribution is 8.18. The Morgan fingerprint density at radius 2 is 1.78 bits per heavy atom. The topological polar surface area (TPSA) is 66.0 Å². The molecule has 0 aliphatic carbocycles. The zero-order valence-corrected chi connectivity index (χ0v) is 15.3. The molecule has 5 nitrogen and oxygen atoms in total. The Morgan fingerprint density at radius 1 is 1.04 bits per heavy atom. The van der Waals surface area contributed by atoms with E-state index in [0.717, 1.165) is 17.0 Å². The van der Waals surface area contributed by atoms with E-state index in [0.29, 0.717) is 15.8 Å². The number of hydrogen-bond donors (Lipinski definition) is 1. The number of carbonyl (C=O) groups is 1. The number of anilines is 1. The summed E-state index contributed by atoms with van der Waals surface area (Å²) in [6.07, 6.45) is 1.71. The van der Waals surface area contributed by atoms with Gasteiger partial charge in [-0.1, -0.05) is 30.3 Å². The molecule has 1 aliphatic heterocycles. The Bertz CT molecular complexity index is 1040. The van der Waals surface area contributed by atoms with Crippen LogP contribution in [-0.2, 0) is 4.79 Å². The van der Waals surface area contributed by atoms with Crippen LogP contribution in [0.4, 0.5) is 5.69 Å². The molecule has 0 unspecified atom stereocenters. The summed E-state index contributed by atoms with van der Waals surface area (Å²) in [6.45, 7) is 0. The van der Waals surface area contributed by atoms with Crippen LogP contribution in [0.5, 0.6) is 5.75 Å². The molecular formula is C21H16N2O3S. The number of aliphatic imine (C=N–C) groups is 1. The number of furan rings is 1. The number of carbonyl (C=O) groups excluding carboxylic acids is 1. The Morgan fingerprint density at radius 3 is 2.52 bits per heavy atom. The molecule has 3 aromatic rings. The summed E-state index contributed by atoms with van der Waals surface area (Å²) in [5.41, 5.74) is 1.81. The van der Waals surface area contributed by atoms with Crippen LogP contribution >= 0.6 is 11.8 Å². The maximum Gasteiger partial charge on any atom is 0.286 e. The molecule has 0 fully saturated rings. The Balaban J connectivity index is 1.52. The first-order chi connectivity index (χ1) is 13.1. The lowest BCUT2D eigenvalue weighted by Gasteiger charge is -2.17. The van der Waals surface area contributed by atoms with Crippen molar-refractivity contribution in [3.63, 3.8) is 0 Å². The Kier molecular flexibility index (Phi) is 4.56. The Hall–Kier alpha value is -3.25. The largest absolute Gasteiger partial charge is 0.508 e. The second-order valence-electron chi connectivity index (χ2n) is 5.95. The van der Waals surface area contributed by atoms with Gasteiger partial charge in [0.25, 0.3) is 5.91 Å². The quantitative estimate of drug-likeness (QED) is 0.668. The monoisotopic (exact) mass is 376 g/mol. The van der Waals surface area contributed by atoms with Crippen LogP contribution in [0, 0.1) is 0 Å². The average Bonchev–Trinajstić information content (AvgIpc) is 3.30. The number of phenols is 1. The standard InChI is InChI=1S/C21H16N2O3S/c1-23(15-7-9-16(24)10-8-15)21-22-20(25)19(27-21)13-17-11-12-18(26-17)14-5-3-2-4-6-14/h2-13,24H,1H3. The number of thioether (sulfide) groups is 1. The predicted octanol–water partition coefficient (Wildman–Crippen LogP) is 4.76. The molecule has 2 aromatic carbocycles. The van der Waals surface area contributed by atoms with E-state index in [2.05, 4.69) is 4.99 Å². The molecule has 1 amide bonds. The van der Waals surface area contributed by atoms with E-state index in [9.17, 15) is 9.90 Å². The van der Waals surface area contributed by atoms with Crippen molar-refractivity contribution in [2.75, 3.05) is 11.9 Å². The summed E-state index contributed by atoms with van der Waals surface area (Å²) in [5, 5.41) is 9.98. The van der Waals surface area contributed by atoms with Crippen molar-refractivity contribution >= 4 is 34.6 Å². The molecule has 1 aliphatic rings. The molecule has 4 rings (SSSR count). The van der Waals surface area contributed by atoms with E-state index < -0.39 is 0 Å². The van der Waals surface area contributed by atoms with Crippen molar-refractivity contribution in [1.82, 2.24) is 0 Å². The van der Waals surface area contributed by atoms with Gasteiger partial charge in [-0.15, -0.1) is 0 Å². The average molecular weight is 376 g/mol. The summed E-state index contributed by atoms with van der Waals surface area (Å²) in [7, 11) is 1.83. The van der Waals surface area contributed by atoms with Gasteiger partial charge in [-0.2, -0.15) is 4.99 Å². The van der Waals surface area contributed by atoms with Crippen LogP contribution in [-0.4, -0.2) is 23.2 Å². The van der Waals surface area contributed by atoms with E-state index in [1.165, 1.54) is 11.8 Å². The van der Waals surface area contributed by atoms with Crippen LogP contribution in [0.25, 0.3) is 17.4 Å². The number of hydrogen-bond acceptors (Lipinski definition) is 5. The smallest absolute Gasteiger partial charge is 0.286 e. The molecule has 0 saturated carbocycles. The van der Waals surface area contributed by atoms with Gasteiger partial charge in [0.1, 0.15) is 17.3 Å². The van der Waals surface area contributed by atoms with Gasteiger partial charge in [0.15, 0.2) is 5.17 Å². The molecule has 0 radical (unpaired) electrons. The van der Waals surface area contributed by atoms with Crippen LogP contribution in [0.2, 0.25) is 0 Å². The molecule has 2 heterocycles. The number of aromatic hydroxyl groups is 1. The van der Waals surface area contributed by atoms with Crippen LogP contribution < -0.4 is 4.90 Å². The summed E-state index contributed by atoms with van der Waals surface area (Å²) < 4.78 is 5.84. The first-order valence-corrected chi connectivity index (χ1v) is 9.12. The van der Waals surface area contributed by atoms with Crippen molar-refractivity contribution in [3.8, 4) is 17.1 Å². The van der Waals surface area contributed by atoms with Gasteiger partial charge in [-0.05, 0) is 48.2 Å². The molecule has 0 spiro atoms. The minimum absolute atomic E-state index is 0.192. The number of amides is 1. The molecular weight excluding hydrogens is 360 g/mol. The molecule has 6 heteroatoms. The van der Waals surface area contributed by atoms with Crippen molar-refractivity contribution in [2.24, 2.45) is 4.99 Å². The van der Waals surface area contributed by atoms with E-state index in [1.807, 2.05) is 49.5 Å². The lowest BCUT2D eigenvalue weighted by Crippen LogP contribution is -2.21. The summed E-state index contributed by atoms with van der Waals surface area (Å²) in [4.78, 5) is 18.7. The zero-order valence-electron chi connectivity index (χ0n) is 14.5. The fourth-order valence-electron chi connectivity index (χ4n) is 2.65. The summed E-state index contributed by atoms with van der Waals surface area (Å²) in [5.74, 6) is 1.25. The third kappa shape index (κ3) is 3.66. The third-order valence-electron chi connectivity index (χ3n) is 4.09. The van der Waals surface area contributed by atoms with Gasteiger partial charge >= 0.3 is 0 Å². The summed E-state index contributed by atoms with van der Waals surface area (Å²) >= 11 is 1.29. The molecule has 134 valence electrons. The van der Waals surface area contributed by atoms with Crippen molar-refractivity contribution < 1.29 is 14.3 Å². The molecule has 27 heavy (non-hydrogen) atoms. The van der Waals surface area contributed by atoms with Gasteiger partial charge in [-0.3, -0.25) is 4.79 Å². The van der Waals surface area contributed by atoms with Crippen molar-refractivity contribution in [3.05, 3.63) is 77.4 Å². The summed E-state index contributed by atoms with van der Waals surface area (Å²) in [6, 6.07) is 20.2. The van der Waals surface area contributed by atoms with Crippen LogP contribution in [0.15, 0.2) is 81.0 Å². The first-order valence-electron chi connectivity index (χ1n) is 8.31. The lowest BCUT2D eigenvalue weighted by molar-refractivity contribution is -0.113. The van der Waals surface area contributed by atoms with Crippen molar-refractivity contribution in [1.29, 1.82) is 0 Å². The fourth-order valence-corrected chi connectivity index (χ4v) is 3.52. The second-order valence-corrected chi connectivity index (χ2v) is 6.96. The lowest BCUT2D eigenvalue weighted by atomic mass is 10.2. The van der Waals surface area contributed by atoms with E-state index in [-0.39, 0.29) is 11.7 Å². The highest BCUT2D eigenvalue weighted by Crippen LogP contribution is 2.33. The highest BCUT2D eigenvalue weighted by Gasteiger charge is 2.25. The molecule has 0 atom stereocenters. The number of nitrogens with zero attached hydrogens (tertiary/aromatic N) is 2.